The number of rotatable bonds is 2. The number of nitrogens with zero attached hydrogens (tertiary/aromatic N) is 4. The predicted octanol–water partition coefficient (Wildman–Crippen LogP) is 11.9. The molecule has 0 aliphatic heterocycles. The topological polar surface area (TPSA) is 35.1 Å². The Bertz CT molecular complexity index is 3380. The highest BCUT2D eigenvalue weighted by atomic mass is 15.1. The van der Waals surface area contributed by atoms with E-state index < -0.39 is 0 Å². The molecule has 0 unspecified atom stereocenters. The summed E-state index contributed by atoms with van der Waals surface area (Å²) in [4.78, 5) is 10.7. The van der Waals surface area contributed by atoms with Gasteiger partial charge in [0.05, 0.1) is 33.1 Å². The van der Waals surface area contributed by atoms with Gasteiger partial charge in [-0.2, -0.15) is 0 Å². The molecule has 4 heterocycles. The van der Waals surface area contributed by atoms with Gasteiger partial charge in [-0.05, 0) is 64.0 Å². The van der Waals surface area contributed by atoms with Crippen LogP contribution in [0.5, 0.6) is 0 Å². The summed E-state index contributed by atoms with van der Waals surface area (Å²) >= 11 is 0. The first-order valence-corrected chi connectivity index (χ1v) is 17.1. The van der Waals surface area contributed by atoms with Gasteiger partial charge in [-0.1, -0.05) is 115 Å². The largest absolute Gasteiger partial charge is 0.308 e. The summed E-state index contributed by atoms with van der Waals surface area (Å²) in [6.07, 6.45) is 0. The Hall–Kier alpha value is -6.78. The van der Waals surface area contributed by atoms with E-state index >= 15 is 0 Å². The fourth-order valence-electron chi connectivity index (χ4n) is 8.70. The number of para-hydroxylation sites is 3. The van der Waals surface area contributed by atoms with Gasteiger partial charge in [0.1, 0.15) is 5.82 Å². The van der Waals surface area contributed by atoms with Crippen molar-refractivity contribution in [2.45, 2.75) is 0 Å². The van der Waals surface area contributed by atoms with E-state index in [-0.39, 0.29) is 0 Å². The third-order valence-corrected chi connectivity index (χ3v) is 10.8. The zero-order valence-electron chi connectivity index (χ0n) is 26.8. The van der Waals surface area contributed by atoms with Crippen molar-refractivity contribution in [2.24, 2.45) is 0 Å². The molecule has 0 aliphatic rings. The molecule has 0 N–H and O–H groups in total. The minimum absolute atomic E-state index is 0.723. The quantitative estimate of drug-likeness (QED) is 0.190. The normalized spacial score (nSPS) is 12.4. The Morgan fingerprint density at radius 1 is 0.380 bits per heavy atom. The van der Waals surface area contributed by atoms with E-state index in [1.165, 1.54) is 65.0 Å². The average Bonchev–Trinajstić information content (AvgIpc) is 3.80. The molecular weight excluding hydrogens is 609 g/mol. The van der Waals surface area contributed by atoms with Crippen molar-refractivity contribution in [1.82, 2.24) is 18.9 Å². The highest BCUT2D eigenvalue weighted by Gasteiger charge is 2.25. The molecule has 4 aromatic heterocycles. The molecule has 0 saturated carbocycles. The lowest BCUT2D eigenvalue weighted by Crippen LogP contribution is -2.03. The van der Waals surface area contributed by atoms with Gasteiger partial charge in [0.15, 0.2) is 5.82 Å². The van der Waals surface area contributed by atoms with Gasteiger partial charge in [0.2, 0.25) is 0 Å². The molecule has 0 radical (unpaired) electrons. The molecular formula is C46H26N4. The van der Waals surface area contributed by atoms with Gasteiger partial charge < -0.3 is 4.40 Å². The first kappa shape index (κ1) is 26.2. The third kappa shape index (κ3) is 3.30. The highest BCUT2D eigenvalue weighted by molar-refractivity contribution is 6.36. The fraction of sp³-hybridized carbons (Fsp3) is 0. The molecule has 230 valence electrons. The molecule has 8 aromatic carbocycles. The second kappa shape index (κ2) is 9.43. The lowest BCUT2D eigenvalue weighted by atomic mass is 10.0. The van der Waals surface area contributed by atoms with E-state index in [0.717, 1.165) is 44.5 Å². The lowest BCUT2D eigenvalue weighted by molar-refractivity contribution is 1.08. The van der Waals surface area contributed by atoms with E-state index in [1.54, 1.807) is 0 Å². The first-order valence-electron chi connectivity index (χ1n) is 17.1. The average molecular weight is 635 g/mol. The van der Waals surface area contributed by atoms with E-state index in [4.69, 9.17) is 9.97 Å². The van der Waals surface area contributed by atoms with Crippen LogP contribution in [0.15, 0.2) is 158 Å². The van der Waals surface area contributed by atoms with Crippen LogP contribution in [0.1, 0.15) is 0 Å². The Morgan fingerprint density at radius 3 is 1.86 bits per heavy atom. The molecule has 4 heteroatoms. The van der Waals surface area contributed by atoms with Crippen molar-refractivity contribution in [3.05, 3.63) is 158 Å². The first-order chi connectivity index (χ1) is 24.8. The molecule has 0 saturated heterocycles. The van der Waals surface area contributed by atoms with E-state index in [0.29, 0.717) is 0 Å². The van der Waals surface area contributed by atoms with Gasteiger partial charge in [0, 0.05) is 43.3 Å². The third-order valence-electron chi connectivity index (χ3n) is 10.8. The van der Waals surface area contributed by atoms with Gasteiger partial charge in [-0.15, -0.1) is 0 Å². The maximum absolute atomic E-state index is 5.49. The summed E-state index contributed by atoms with van der Waals surface area (Å²) in [5.74, 6) is 1.61. The van der Waals surface area contributed by atoms with Crippen LogP contribution in [0, 0.1) is 0 Å². The maximum Gasteiger partial charge on any atom is 0.162 e. The van der Waals surface area contributed by atoms with Crippen molar-refractivity contribution < 1.29 is 0 Å². The molecule has 0 aliphatic carbocycles. The molecule has 50 heavy (non-hydrogen) atoms. The predicted molar refractivity (Wildman–Crippen MR) is 209 cm³/mol. The summed E-state index contributed by atoms with van der Waals surface area (Å²) < 4.78 is 4.89. The Labute approximate surface area is 285 Å². The molecule has 12 rings (SSSR count). The summed E-state index contributed by atoms with van der Waals surface area (Å²) in [5, 5.41) is 13.4. The van der Waals surface area contributed by atoms with E-state index in [1.807, 2.05) is 0 Å². The summed E-state index contributed by atoms with van der Waals surface area (Å²) in [6, 6.07) is 56.8. The lowest BCUT2D eigenvalue weighted by Gasteiger charge is -2.13. The number of hydrogen-bond acceptors (Lipinski definition) is 2. The van der Waals surface area contributed by atoms with Crippen molar-refractivity contribution in [3.63, 3.8) is 0 Å². The second-order valence-corrected chi connectivity index (χ2v) is 13.4. The van der Waals surface area contributed by atoms with Crippen LogP contribution in [0.3, 0.4) is 0 Å². The monoisotopic (exact) mass is 634 g/mol. The van der Waals surface area contributed by atoms with Gasteiger partial charge in [-0.25, -0.2) is 9.97 Å². The molecule has 0 spiro atoms. The Balaban J connectivity index is 1.30. The van der Waals surface area contributed by atoms with E-state index in [9.17, 15) is 0 Å². The summed E-state index contributed by atoms with van der Waals surface area (Å²) in [5.41, 5.74) is 7.96. The van der Waals surface area contributed by atoms with Crippen LogP contribution in [0.4, 0.5) is 0 Å². The Morgan fingerprint density at radius 2 is 1.02 bits per heavy atom. The number of aromatic nitrogens is 4. The van der Waals surface area contributed by atoms with Crippen molar-refractivity contribution >= 4 is 92.3 Å². The van der Waals surface area contributed by atoms with Crippen LogP contribution in [-0.4, -0.2) is 18.9 Å². The summed E-state index contributed by atoms with van der Waals surface area (Å²) in [6.45, 7) is 0. The standard InChI is InChI=1S/C46H26N4/c1-2-14-29-25-40-35(24-28(29)13-1)36-26-41-42(43-34-19-7-9-22-38(34)49(40)44(36)43)33-18-6-10-23-39(33)50(41)46-32-17-5-8-21-37(32)47-45(48-46)31-20-11-15-27-12-3-4-16-30(27)31/h1-26H. The van der Waals surface area contributed by atoms with Crippen LogP contribution in [0.2, 0.25) is 0 Å². The van der Waals surface area contributed by atoms with Crippen molar-refractivity contribution in [1.29, 1.82) is 0 Å². The smallest absolute Gasteiger partial charge is 0.162 e. The van der Waals surface area contributed by atoms with Crippen LogP contribution in [-0.2, 0) is 0 Å². The van der Waals surface area contributed by atoms with E-state index in [2.05, 4.69) is 167 Å². The molecule has 4 nitrogen and oxygen atoms in total. The van der Waals surface area contributed by atoms with Crippen molar-refractivity contribution in [3.8, 4) is 17.2 Å². The summed E-state index contributed by atoms with van der Waals surface area (Å²) in [7, 11) is 0. The van der Waals surface area contributed by atoms with Crippen LogP contribution >= 0.6 is 0 Å². The van der Waals surface area contributed by atoms with Gasteiger partial charge in [0.25, 0.3) is 0 Å². The molecule has 0 amide bonds. The van der Waals surface area contributed by atoms with Gasteiger partial charge in [-0.3, -0.25) is 4.57 Å². The number of hydrogen-bond donors (Lipinski definition) is 0. The number of fused-ring (bicyclic) bond motifs is 13. The molecule has 0 fully saturated rings. The highest BCUT2D eigenvalue weighted by Crippen LogP contribution is 2.47. The van der Waals surface area contributed by atoms with Crippen LogP contribution < -0.4 is 0 Å². The zero-order valence-corrected chi connectivity index (χ0v) is 26.8. The molecule has 0 atom stereocenters. The van der Waals surface area contributed by atoms with Gasteiger partial charge >= 0.3 is 0 Å². The molecule has 0 bridgehead atoms. The minimum atomic E-state index is 0.723. The fourth-order valence-corrected chi connectivity index (χ4v) is 8.70. The second-order valence-electron chi connectivity index (χ2n) is 13.4. The van der Waals surface area contributed by atoms with Crippen LogP contribution in [0.25, 0.3) is 110 Å². The molecule has 12 aromatic rings. The zero-order chi connectivity index (χ0) is 32.5. The van der Waals surface area contributed by atoms with Crippen molar-refractivity contribution in [2.75, 3.05) is 0 Å². The maximum atomic E-state index is 5.49. The number of benzene rings is 8. The Kier molecular flexibility index (Phi) is 4.94. The minimum Gasteiger partial charge on any atom is -0.308 e. The SMILES string of the molecule is c1ccc2cc3c(cc2c1)c1cc2c(c4ccccc4n2-c2nc(-c4cccc5ccccc45)nc4ccccc24)c2c4ccccc4n3c12.